The number of rotatable bonds is 6. The molecule has 1 aromatic rings. The zero-order valence-corrected chi connectivity index (χ0v) is 11.8. The molecule has 18 heavy (non-hydrogen) atoms. The summed E-state index contributed by atoms with van der Waals surface area (Å²) in [6.45, 7) is 6.41. The van der Waals surface area contributed by atoms with Crippen molar-refractivity contribution in [3.63, 3.8) is 0 Å². The SMILES string of the molecule is CCCNC(=O)CSc1nc(C)c(CC)c(=O)[nH]1. The highest BCUT2D eigenvalue weighted by molar-refractivity contribution is 7.99. The number of hydrogen-bond donors (Lipinski definition) is 2. The number of aromatic nitrogens is 2. The molecule has 0 saturated carbocycles. The van der Waals surface area contributed by atoms with E-state index in [-0.39, 0.29) is 17.2 Å². The van der Waals surface area contributed by atoms with E-state index in [0.717, 1.165) is 12.1 Å². The van der Waals surface area contributed by atoms with E-state index in [9.17, 15) is 9.59 Å². The van der Waals surface area contributed by atoms with Gasteiger partial charge in [0.15, 0.2) is 5.16 Å². The van der Waals surface area contributed by atoms with Crippen LogP contribution in [0.4, 0.5) is 0 Å². The molecule has 0 atom stereocenters. The number of thioether (sulfide) groups is 1. The summed E-state index contributed by atoms with van der Waals surface area (Å²) in [6, 6.07) is 0. The molecule has 0 aliphatic carbocycles. The molecule has 0 unspecified atom stereocenters. The molecule has 6 heteroatoms. The third kappa shape index (κ3) is 4.18. The number of amides is 1. The predicted molar refractivity (Wildman–Crippen MR) is 73.0 cm³/mol. The molecule has 1 rings (SSSR count). The minimum Gasteiger partial charge on any atom is -0.355 e. The number of carbonyl (C=O) groups excluding carboxylic acids is 1. The summed E-state index contributed by atoms with van der Waals surface area (Å²) in [5.74, 6) is 0.232. The molecule has 0 aliphatic heterocycles. The van der Waals surface area contributed by atoms with Crippen LogP contribution in [0.15, 0.2) is 9.95 Å². The molecule has 0 aliphatic rings. The fourth-order valence-electron chi connectivity index (χ4n) is 1.52. The lowest BCUT2D eigenvalue weighted by Crippen LogP contribution is -2.26. The highest BCUT2D eigenvalue weighted by atomic mass is 32.2. The molecule has 0 radical (unpaired) electrons. The lowest BCUT2D eigenvalue weighted by atomic mass is 10.2. The third-order valence-electron chi connectivity index (χ3n) is 2.47. The molecule has 1 amide bonds. The monoisotopic (exact) mass is 269 g/mol. The van der Waals surface area contributed by atoms with E-state index in [4.69, 9.17) is 0 Å². The Labute approximate surface area is 111 Å². The second-order valence-corrected chi connectivity index (χ2v) is 4.89. The van der Waals surface area contributed by atoms with Crippen LogP contribution in [-0.2, 0) is 11.2 Å². The molecular formula is C12H19N3O2S. The minimum atomic E-state index is -0.110. The summed E-state index contributed by atoms with van der Waals surface area (Å²) < 4.78 is 0. The Morgan fingerprint density at radius 3 is 2.72 bits per heavy atom. The van der Waals surface area contributed by atoms with Gasteiger partial charge >= 0.3 is 0 Å². The topological polar surface area (TPSA) is 74.8 Å². The zero-order valence-electron chi connectivity index (χ0n) is 11.0. The molecule has 0 saturated heterocycles. The van der Waals surface area contributed by atoms with Crippen molar-refractivity contribution in [2.24, 2.45) is 0 Å². The Balaban J connectivity index is 2.64. The second-order valence-electron chi connectivity index (χ2n) is 3.93. The quantitative estimate of drug-likeness (QED) is 0.602. The molecule has 2 N–H and O–H groups in total. The normalized spacial score (nSPS) is 10.4. The van der Waals surface area contributed by atoms with Crippen molar-refractivity contribution in [1.82, 2.24) is 15.3 Å². The molecule has 0 bridgehead atoms. The molecule has 1 aromatic heterocycles. The third-order valence-corrected chi connectivity index (χ3v) is 3.34. The Bertz CT molecular complexity index is 471. The number of hydrogen-bond acceptors (Lipinski definition) is 4. The lowest BCUT2D eigenvalue weighted by Gasteiger charge is -2.05. The highest BCUT2D eigenvalue weighted by Gasteiger charge is 2.08. The van der Waals surface area contributed by atoms with Crippen molar-refractivity contribution in [3.8, 4) is 0 Å². The van der Waals surface area contributed by atoms with Crippen LogP contribution in [0.5, 0.6) is 0 Å². The van der Waals surface area contributed by atoms with E-state index in [1.807, 2.05) is 20.8 Å². The average molecular weight is 269 g/mol. The van der Waals surface area contributed by atoms with Crippen molar-refractivity contribution >= 4 is 17.7 Å². The first-order chi connectivity index (χ1) is 8.58. The van der Waals surface area contributed by atoms with Gasteiger partial charge in [-0.2, -0.15) is 0 Å². The predicted octanol–water partition coefficient (Wildman–Crippen LogP) is 1.26. The Morgan fingerprint density at radius 2 is 2.17 bits per heavy atom. The lowest BCUT2D eigenvalue weighted by molar-refractivity contribution is -0.118. The number of aromatic amines is 1. The van der Waals surface area contributed by atoms with Crippen molar-refractivity contribution in [2.45, 2.75) is 38.8 Å². The summed E-state index contributed by atoms with van der Waals surface area (Å²) in [7, 11) is 0. The second kappa shape index (κ2) is 7.20. The van der Waals surface area contributed by atoms with Crippen LogP contribution in [0.25, 0.3) is 0 Å². The summed E-state index contributed by atoms with van der Waals surface area (Å²) in [4.78, 5) is 30.1. The van der Waals surface area contributed by atoms with Crippen LogP contribution in [-0.4, -0.2) is 28.2 Å². The van der Waals surface area contributed by atoms with Crippen LogP contribution in [0.1, 0.15) is 31.5 Å². The minimum absolute atomic E-state index is 0.0401. The number of nitrogens with zero attached hydrogens (tertiary/aromatic N) is 1. The standard InChI is InChI=1S/C12H19N3O2S/c1-4-6-13-10(16)7-18-12-14-8(3)9(5-2)11(17)15-12/h4-7H2,1-3H3,(H,13,16)(H,14,15,17). The van der Waals surface area contributed by atoms with Crippen LogP contribution < -0.4 is 10.9 Å². The fourth-order valence-corrected chi connectivity index (χ4v) is 2.25. The zero-order chi connectivity index (χ0) is 13.5. The summed E-state index contributed by atoms with van der Waals surface area (Å²) in [5.41, 5.74) is 1.33. The van der Waals surface area contributed by atoms with Gasteiger partial charge in [-0.1, -0.05) is 25.6 Å². The molecule has 5 nitrogen and oxygen atoms in total. The number of aryl methyl sites for hydroxylation is 1. The Morgan fingerprint density at radius 1 is 1.44 bits per heavy atom. The average Bonchev–Trinajstić information content (AvgIpc) is 2.33. The molecular weight excluding hydrogens is 250 g/mol. The molecule has 0 fully saturated rings. The largest absolute Gasteiger partial charge is 0.355 e. The Hall–Kier alpha value is -1.30. The molecule has 0 spiro atoms. The van der Waals surface area contributed by atoms with Crippen molar-refractivity contribution in [1.29, 1.82) is 0 Å². The maximum atomic E-state index is 11.7. The van der Waals surface area contributed by atoms with Crippen LogP contribution in [0, 0.1) is 6.92 Å². The van der Waals surface area contributed by atoms with Gasteiger partial charge in [0.05, 0.1) is 5.75 Å². The highest BCUT2D eigenvalue weighted by Crippen LogP contribution is 2.12. The maximum Gasteiger partial charge on any atom is 0.254 e. The van der Waals surface area contributed by atoms with Gasteiger partial charge in [-0.25, -0.2) is 4.98 Å². The first-order valence-electron chi connectivity index (χ1n) is 6.07. The van der Waals surface area contributed by atoms with Crippen molar-refractivity contribution < 1.29 is 4.79 Å². The van der Waals surface area contributed by atoms with E-state index in [1.165, 1.54) is 11.8 Å². The van der Waals surface area contributed by atoms with Crippen LogP contribution in [0.2, 0.25) is 0 Å². The smallest absolute Gasteiger partial charge is 0.254 e. The van der Waals surface area contributed by atoms with Gasteiger partial charge in [0, 0.05) is 17.8 Å². The van der Waals surface area contributed by atoms with Gasteiger partial charge in [0.2, 0.25) is 5.91 Å². The van der Waals surface area contributed by atoms with Crippen molar-refractivity contribution in [2.75, 3.05) is 12.3 Å². The van der Waals surface area contributed by atoms with Crippen LogP contribution >= 0.6 is 11.8 Å². The molecule has 100 valence electrons. The number of nitrogens with one attached hydrogen (secondary N) is 2. The van der Waals surface area contributed by atoms with Gasteiger partial charge in [0.1, 0.15) is 0 Å². The Kier molecular flexibility index (Phi) is 5.91. The summed E-state index contributed by atoms with van der Waals surface area (Å²) in [6.07, 6.45) is 1.58. The maximum absolute atomic E-state index is 11.7. The fraction of sp³-hybridized carbons (Fsp3) is 0.583. The summed E-state index contributed by atoms with van der Waals surface area (Å²) >= 11 is 1.25. The van der Waals surface area contributed by atoms with Gasteiger partial charge in [-0.05, 0) is 19.8 Å². The first-order valence-corrected chi connectivity index (χ1v) is 7.06. The molecule has 1 heterocycles. The van der Waals surface area contributed by atoms with Crippen LogP contribution in [0.3, 0.4) is 0 Å². The van der Waals surface area contributed by atoms with Gasteiger partial charge in [-0.15, -0.1) is 0 Å². The van der Waals surface area contributed by atoms with Gasteiger partial charge in [-0.3, -0.25) is 9.59 Å². The van der Waals surface area contributed by atoms with E-state index in [2.05, 4.69) is 15.3 Å². The number of H-pyrrole nitrogens is 1. The first kappa shape index (κ1) is 14.8. The van der Waals surface area contributed by atoms with E-state index in [0.29, 0.717) is 23.7 Å². The summed E-state index contributed by atoms with van der Waals surface area (Å²) in [5, 5.41) is 3.28. The molecule has 0 aromatic carbocycles. The number of carbonyl (C=O) groups is 1. The van der Waals surface area contributed by atoms with Gasteiger partial charge < -0.3 is 10.3 Å². The van der Waals surface area contributed by atoms with E-state index < -0.39 is 0 Å². The van der Waals surface area contributed by atoms with Gasteiger partial charge in [0.25, 0.3) is 5.56 Å². The van der Waals surface area contributed by atoms with E-state index in [1.54, 1.807) is 0 Å². The van der Waals surface area contributed by atoms with Crippen molar-refractivity contribution in [3.05, 3.63) is 21.6 Å². The van der Waals surface area contributed by atoms with E-state index >= 15 is 0 Å².